The van der Waals surface area contributed by atoms with Gasteiger partial charge < -0.3 is 10.1 Å². The fraction of sp³-hybridized carbons (Fsp3) is 0.571. The minimum Gasteiger partial charge on any atom is -0.489 e. The molecule has 0 fully saturated rings. The topological polar surface area (TPSA) is 21.3 Å². The van der Waals surface area contributed by atoms with Gasteiger partial charge in [-0.25, -0.2) is 0 Å². The van der Waals surface area contributed by atoms with Crippen molar-refractivity contribution in [2.75, 3.05) is 6.54 Å². The predicted octanol–water partition coefficient (Wildman–Crippen LogP) is 4.43. The van der Waals surface area contributed by atoms with Crippen LogP contribution >= 0.6 is 11.6 Å². The number of rotatable bonds is 7. The molecule has 0 saturated carbocycles. The van der Waals surface area contributed by atoms with E-state index in [4.69, 9.17) is 16.3 Å². The van der Waals surface area contributed by atoms with Crippen molar-refractivity contribution in [2.24, 2.45) is 0 Å². The largest absolute Gasteiger partial charge is 0.489 e. The van der Waals surface area contributed by atoms with Crippen LogP contribution in [0.4, 0.5) is 13.2 Å². The summed E-state index contributed by atoms with van der Waals surface area (Å²) in [4.78, 5) is 0. The van der Waals surface area contributed by atoms with E-state index < -0.39 is 12.6 Å². The van der Waals surface area contributed by atoms with Crippen molar-refractivity contribution in [2.45, 2.75) is 45.0 Å². The summed E-state index contributed by atoms with van der Waals surface area (Å²) < 4.78 is 42.6. The molecular weight excluding hydrogens is 291 g/mol. The lowest BCUT2D eigenvalue weighted by Gasteiger charge is -2.26. The summed E-state index contributed by atoms with van der Waals surface area (Å²) in [5.41, 5.74) is 0. The molecule has 0 amide bonds. The van der Waals surface area contributed by atoms with Gasteiger partial charge in [0, 0.05) is 17.5 Å². The van der Waals surface area contributed by atoms with Crippen LogP contribution in [-0.4, -0.2) is 24.9 Å². The van der Waals surface area contributed by atoms with Gasteiger partial charge in [-0.3, -0.25) is 0 Å². The van der Waals surface area contributed by atoms with Crippen LogP contribution in [0.2, 0.25) is 5.02 Å². The second-order valence-electron chi connectivity index (χ2n) is 4.60. The maximum atomic E-state index is 12.3. The Morgan fingerprint density at radius 2 is 2.05 bits per heavy atom. The first-order valence-corrected chi connectivity index (χ1v) is 6.92. The molecule has 114 valence electrons. The lowest BCUT2D eigenvalue weighted by Crippen LogP contribution is -2.42. The molecule has 0 aromatic heterocycles. The Morgan fingerprint density at radius 1 is 1.35 bits per heavy atom. The van der Waals surface area contributed by atoms with E-state index in [1.807, 2.05) is 6.92 Å². The van der Waals surface area contributed by atoms with Crippen LogP contribution in [0.5, 0.6) is 5.75 Å². The van der Waals surface area contributed by atoms with Crippen molar-refractivity contribution in [1.29, 1.82) is 0 Å². The maximum absolute atomic E-state index is 12.3. The molecule has 1 aromatic carbocycles. The van der Waals surface area contributed by atoms with Gasteiger partial charge in [-0.1, -0.05) is 24.6 Å². The first-order valence-electron chi connectivity index (χ1n) is 6.54. The number of nitrogens with one attached hydrogen (secondary N) is 1. The van der Waals surface area contributed by atoms with Crippen LogP contribution in [-0.2, 0) is 0 Å². The van der Waals surface area contributed by atoms with E-state index in [-0.39, 0.29) is 18.6 Å². The Bertz CT molecular complexity index is 412. The Labute approximate surface area is 122 Å². The van der Waals surface area contributed by atoms with Gasteiger partial charge in [0.25, 0.3) is 0 Å². The first-order chi connectivity index (χ1) is 9.31. The van der Waals surface area contributed by atoms with Gasteiger partial charge in [-0.2, -0.15) is 13.2 Å². The van der Waals surface area contributed by atoms with Crippen LogP contribution in [0.1, 0.15) is 26.7 Å². The highest BCUT2D eigenvalue weighted by atomic mass is 35.5. The molecule has 0 spiro atoms. The molecule has 2 unspecified atom stereocenters. The van der Waals surface area contributed by atoms with E-state index in [9.17, 15) is 13.2 Å². The zero-order valence-corrected chi connectivity index (χ0v) is 12.3. The Balaban J connectivity index is 2.61. The molecule has 1 aromatic rings. The number of benzene rings is 1. The molecular formula is C14H19ClF3NO. The average Bonchev–Trinajstić information content (AvgIpc) is 2.33. The molecule has 0 aliphatic heterocycles. The zero-order chi connectivity index (χ0) is 15.2. The smallest absolute Gasteiger partial charge is 0.389 e. The molecule has 0 aliphatic carbocycles. The number of alkyl halides is 3. The number of ether oxygens (including phenoxy) is 1. The number of hydrogen-bond donors (Lipinski definition) is 1. The molecule has 0 heterocycles. The van der Waals surface area contributed by atoms with Crippen molar-refractivity contribution in [1.82, 2.24) is 5.32 Å². The maximum Gasteiger partial charge on any atom is 0.389 e. The van der Waals surface area contributed by atoms with Crippen LogP contribution in [0.25, 0.3) is 0 Å². The number of likely N-dealkylation sites (N-methyl/N-ethyl adjacent to an activating group) is 1. The summed E-state index contributed by atoms with van der Waals surface area (Å²) in [6.45, 7) is 4.20. The fourth-order valence-electron chi connectivity index (χ4n) is 1.92. The van der Waals surface area contributed by atoms with Crippen molar-refractivity contribution < 1.29 is 17.9 Å². The predicted molar refractivity (Wildman–Crippen MR) is 74.3 cm³/mol. The van der Waals surface area contributed by atoms with Crippen molar-refractivity contribution in [3.05, 3.63) is 29.3 Å². The first kappa shape index (κ1) is 17.1. The lowest BCUT2D eigenvalue weighted by molar-refractivity contribution is -0.137. The van der Waals surface area contributed by atoms with Gasteiger partial charge in [0.2, 0.25) is 0 Å². The van der Waals surface area contributed by atoms with Gasteiger partial charge in [-0.05, 0) is 38.1 Å². The van der Waals surface area contributed by atoms with E-state index >= 15 is 0 Å². The molecule has 2 nitrogen and oxygen atoms in total. The highest BCUT2D eigenvalue weighted by Gasteiger charge is 2.30. The zero-order valence-electron chi connectivity index (χ0n) is 11.5. The van der Waals surface area contributed by atoms with E-state index in [2.05, 4.69) is 5.32 Å². The van der Waals surface area contributed by atoms with Gasteiger partial charge in [0.05, 0.1) is 0 Å². The minimum absolute atomic E-state index is 0.0148. The van der Waals surface area contributed by atoms with E-state index in [1.54, 1.807) is 31.2 Å². The van der Waals surface area contributed by atoms with Crippen LogP contribution < -0.4 is 10.1 Å². The molecule has 6 heteroatoms. The SMILES string of the molecule is CCNC(CCC(F)(F)F)C(C)Oc1cccc(Cl)c1. The normalized spacial score (nSPS) is 14.9. The molecule has 1 N–H and O–H groups in total. The van der Waals surface area contributed by atoms with E-state index in [1.165, 1.54) is 0 Å². The summed E-state index contributed by atoms with van der Waals surface area (Å²) in [6, 6.07) is 6.47. The molecule has 0 radical (unpaired) electrons. The van der Waals surface area contributed by atoms with Crippen LogP contribution in [0, 0.1) is 0 Å². The quantitative estimate of drug-likeness (QED) is 0.804. The van der Waals surface area contributed by atoms with Crippen LogP contribution in [0.15, 0.2) is 24.3 Å². The summed E-state index contributed by atoms with van der Waals surface area (Å²) in [7, 11) is 0. The van der Waals surface area contributed by atoms with Gasteiger partial charge >= 0.3 is 6.18 Å². The third-order valence-electron chi connectivity index (χ3n) is 2.89. The van der Waals surface area contributed by atoms with Crippen LogP contribution in [0.3, 0.4) is 0 Å². The van der Waals surface area contributed by atoms with Crippen molar-refractivity contribution >= 4 is 11.6 Å². The highest BCUT2D eigenvalue weighted by Crippen LogP contribution is 2.24. The summed E-state index contributed by atoms with van der Waals surface area (Å²) >= 11 is 5.85. The summed E-state index contributed by atoms with van der Waals surface area (Å²) in [5, 5.41) is 3.56. The Hall–Kier alpha value is -0.940. The summed E-state index contributed by atoms with van der Waals surface area (Å²) in [5.74, 6) is 0.555. The molecule has 0 bridgehead atoms. The highest BCUT2D eigenvalue weighted by molar-refractivity contribution is 6.30. The Kier molecular flexibility index (Phi) is 6.62. The Morgan fingerprint density at radius 3 is 2.60 bits per heavy atom. The van der Waals surface area contributed by atoms with Gasteiger partial charge in [-0.15, -0.1) is 0 Å². The van der Waals surface area contributed by atoms with Crippen molar-refractivity contribution in [3.8, 4) is 5.75 Å². The third-order valence-corrected chi connectivity index (χ3v) is 3.12. The standard InChI is InChI=1S/C14H19ClF3NO/c1-3-19-13(7-8-14(16,17)18)10(2)20-12-6-4-5-11(15)9-12/h4-6,9-10,13,19H,3,7-8H2,1-2H3. The van der Waals surface area contributed by atoms with E-state index in [0.29, 0.717) is 17.3 Å². The molecule has 20 heavy (non-hydrogen) atoms. The van der Waals surface area contributed by atoms with Crippen molar-refractivity contribution in [3.63, 3.8) is 0 Å². The summed E-state index contributed by atoms with van der Waals surface area (Å²) in [6.07, 6.45) is -5.37. The number of hydrogen-bond acceptors (Lipinski definition) is 2. The van der Waals surface area contributed by atoms with Gasteiger partial charge in [0.15, 0.2) is 0 Å². The third kappa shape index (κ3) is 6.48. The second-order valence-corrected chi connectivity index (χ2v) is 5.03. The monoisotopic (exact) mass is 309 g/mol. The van der Waals surface area contributed by atoms with E-state index in [0.717, 1.165) is 0 Å². The second kappa shape index (κ2) is 7.74. The molecule has 2 atom stereocenters. The lowest BCUT2D eigenvalue weighted by atomic mass is 10.1. The number of halogens is 4. The fourth-order valence-corrected chi connectivity index (χ4v) is 2.10. The van der Waals surface area contributed by atoms with Gasteiger partial charge in [0.1, 0.15) is 11.9 Å². The average molecular weight is 310 g/mol. The molecule has 0 saturated heterocycles. The minimum atomic E-state index is -4.15. The molecule has 0 aliphatic rings. The molecule has 1 rings (SSSR count).